The summed E-state index contributed by atoms with van der Waals surface area (Å²) in [6, 6.07) is 6.03. The first-order valence-electron chi connectivity index (χ1n) is 4.67. The molecule has 14 heavy (non-hydrogen) atoms. The van der Waals surface area contributed by atoms with E-state index in [9.17, 15) is 4.39 Å². The van der Waals surface area contributed by atoms with Gasteiger partial charge >= 0.3 is 0 Å². The van der Waals surface area contributed by atoms with Gasteiger partial charge in [-0.15, -0.1) is 0 Å². The number of ether oxygens (including phenoxy) is 1. The molecule has 0 bridgehead atoms. The highest BCUT2D eigenvalue weighted by atomic mass is 19.1. The van der Waals surface area contributed by atoms with E-state index in [1.165, 1.54) is 12.1 Å². The number of halogens is 1. The Morgan fingerprint density at radius 1 is 1.29 bits per heavy atom. The summed E-state index contributed by atoms with van der Waals surface area (Å²) in [5.41, 5.74) is 0. The zero-order chi connectivity index (χ0) is 9.80. The normalized spacial score (nSPS) is 20.8. The minimum Gasteiger partial charge on any atom is -0.472 e. The van der Waals surface area contributed by atoms with Crippen LogP contribution in [0.3, 0.4) is 0 Å². The highest BCUT2D eigenvalue weighted by Crippen LogP contribution is 2.13. The molecular weight excluding hydrogens is 181 g/mol. The number of rotatable bonds is 2. The van der Waals surface area contributed by atoms with Crippen LogP contribution >= 0.6 is 0 Å². The molecule has 0 saturated heterocycles. The van der Waals surface area contributed by atoms with E-state index in [1.807, 2.05) is 6.08 Å². The quantitative estimate of drug-likeness (QED) is 0.726. The Bertz CT molecular complexity index is 321. The number of nitrogens with one attached hydrogen (secondary N) is 1. The summed E-state index contributed by atoms with van der Waals surface area (Å²) in [7, 11) is 0. The molecule has 0 saturated carbocycles. The van der Waals surface area contributed by atoms with E-state index < -0.39 is 0 Å². The van der Waals surface area contributed by atoms with Gasteiger partial charge in [0.15, 0.2) is 6.23 Å². The second kappa shape index (κ2) is 4.24. The van der Waals surface area contributed by atoms with E-state index >= 15 is 0 Å². The third-order valence-corrected chi connectivity index (χ3v) is 2.04. The topological polar surface area (TPSA) is 21.3 Å². The van der Waals surface area contributed by atoms with E-state index in [0.717, 1.165) is 13.0 Å². The second-order valence-corrected chi connectivity index (χ2v) is 3.16. The van der Waals surface area contributed by atoms with Crippen LogP contribution in [0.2, 0.25) is 0 Å². The third kappa shape index (κ3) is 2.33. The number of hydrogen-bond donors (Lipinski definition) is 1. The van der Waals surface area contributed by atoms with Gasteiger partial charge in [-0.1, -0.05) is 6.08 Å². The largest absolute Gasteiger partial charge is 0.472 e. The van der Waals surface area contributed by atoms with Gasteiger partial charge in [-0.05, 0) is 36.8 Å². The Labute approximate surface area is 82.4 Å². The van der Waals surface area contributed by atoms with Crippen LogP contribution in [-0.4, -0.2) is 12.8 Å². The van der Waals surface area contributed by atoms with Gasteiger partial charge in [0.2, 0.25) is 0 Å². The molecule has 1 heterocycles. The van der Waals surface area contributed by atoms with Gasteiger partial charge in [-0.2, -0.15) is 0 Å². The van der Waals surface area contributed by atoms with Gasteiger partial charge < -0.3 is 4.74 Å². The summed E-state index contributed by atoms with van der Waals surface area (Å²) in [5.74, 6) is 0.431. The fourth-order valence-corrected chi connectivity index (χ4v) is 1.34. The van der Waals surface area contributed by atoms with Crippen LogP contribution in [0.1, 0.15) is 6.42 Å². The Morgan fingerprint density at radius 3 is 2.71 bits per heavy atom. The van der Waals surface area contributed by atoms with Crippen molar-refractivity contribution in [3.63, 3.8) is 0 Å². The maximum Gasteiger partial charge on any atom is 0.169 e. The van der Waals surface area contributed by atoms with Crippen molar-refractivity contribution in [2.75, 3.05) is 6.54 Å². The van der Waals surface area contributed by atoms with Crippen molar-refractivity contribution in [1.82, 2.24) is 5.32 Å². The molecule has 1 aromatic carbocycles. The van der Waals surface area contributed by atoms with Gasteiger partial charge in [0.1, 0.15) is 11.6 Å². The Balaban J connectivity index is 1.99. The molecule has 0 aromatic heterocycles. The minimum atomic E-state index is -0.246. The zero-order valence-electron chi connectivity index (χ0n) is 7.74. The highest BCUT2D eigenvalue weighted by molar-refractivity contribution is 5.23. The number of hydrogen-bond acceptors (Lipinski definition) is 2. The average molecular weight is 193 g/mol. The summed E-state index contributed by atoms with van der Waals surface area (Å²) >= 11 is 0. The Hall–Kier alpha value is -1.35. The van der Waals surface area contributed by atoms with Gasteiger partial charge in [0.25, 0.3) is 0 Å². The van der Waals surface area contributed by atoms with Crippen LogP contribution < -0.4 is 10.1 Å². The van der Waals surface area contributed by atoms with Crippen molar-refractivity contribution in [3.05, 3.63) is 42.2 Å². The first kappa shape index (κ1) is 9.21. The van der Waals surface area contributed by atoms with Crippen LogP contribution in [-0.2, 0) is 0 Å². The molecule has 0 spiro atoms. The summed E-state index contributed by atoms with van der Waals surface area (Å²) in [6.07, 6.45) is 4.98. The highest BCUT2D eigenvalue weighted by Gasteiger charge is 2.07. The summed E-state index contributed by atoms with van der Waals surface area (Å²) in [6.45, 7) is 0.919. The van der Waals surface area contributed by atoms with E-state index in [4.69, 9.17) is 4.74 Å². The first-order chi connectivity index (χ1) is 6.84. The Morgan fingerprint density at radius 2 is 2.07 bits per heavy atom. The lowest BCUT2D eigenvalue weighted by Gasteiger charge is -2.19. The van der Waals surface area contributed by atoms with Crippen molar-refractivity contribution in [2.45, 2.75) is 12.6 Å². The van der Waals surface area contributed by atoms with Gasteiger partial charge in [0.05, 0.1) is 0 Å². The molecule has 74 valence electrons. The zero-order valence-corrected chi connectivity index (χ0v) is 7.74. The predicted molar refractivity (Wildman–Crippen MR) is 52.6 cm³/mol. The fourth-order valence-electron chi connectivity index (χ4n) is 1.34. The lowest BCUT2D eigenvalue weighted by molar-refractivity contribution is 0.206. The molecule has 3 heteroatoms. The number of benzene rings is 1. The standard InChI is InChI=1S/C11H12FNO/c12-9-4-6-10(7-5-9)14-11-3-1-2-8-13-11/h1,3-7,11,13H,2,8H2. The monoisotopic (exact) mass is 193 g/mol. The molecule has 0 fully saturated rings. The molecule has 2 rings (SSSR count). The van der Waals surface area contributed by atoms with Crippen LogP contribution in [0.5, 0.6) is 5.75 Å². The van der Waals surface area contributed by atoms with E-state index in [2.05, 4.69) is 11.4 Å². The van der Waals surface area contributed by atoms with Crippen LogP contribution in [0.25, 0.3) is 0 Å². The van der Waals surface area contributed by atoms with E-state index in [0.29, 0.717) is 5.75 Å². The summed E-state index contributed by atoms with van der Waals surface area (Å²) in [5, 5.41) is 3.18. The van der Waals surface area contributed by atoms with Crippen molar-refractivity contribution in [2.24, 2.45) is 0 Å². The predicted octanol–water partition coefficient (Wildman–Crippen LogP) is 2.08. The molecule has 0 radical (unpaired) electrons. The van der Waals surface area contributed by atoms with Crippen LogP contribution in [0.4, 0.5) is 4.39 Å². The third-order valence-electron chi connectivity index (χ3n) is 2.04. The molecule has 1 N–H and O–H groups in total. The minimum absolute atomic E-state index is 0.0887. The lowest BCUT2D eigenvalue weighted by Crippen LogP contribution is -2.35. The molecule has 1 aliphatic heterocycles. The SMILES string of the molecule is Fc1ccc(OC2C=CCCN2)cc1. The summed E-state index contributed by atoms with van der Waals surface area (Å²) < 4.78 is 18.1. The van der Waals surface area contributed by atoms with E-state index in [1.54, 1.807) is 12.1 Å². The van der Waals surface area contributed by atoms with Crippen molar-refractivity contribution < 1.29 is 9.13 Å². The van der Waals surface area contributed by atoms with Gasteiger partial charge in [-0.25, -0.2) is 4.39 Å². The average Bonchev–Trinajstić information content (AvgIpc) is 2.23. The Kier molecular flexibility index (Phi) is 2.79. The van der Waals surface area contributed by atoms with Crippen LogP contribution in [0, 0.1) is 5.82 Å². The lowest BCUT2D eigenvalue weighted by atomic mass is 10.3. The van der Waals surface area contributed by atoms with Crippen molar-refractivity contribution >= 4 is 0 Å². The fraction of sp³-hybridized carbons (Fsp3) is 0.273. The molecule has 1 aromatic rings. The maximum atomic E-state index is 12.6. The maximum absolute atomic E-state index is 12.6. The molecule has 0 amide bonds. The molecular formula is C11H12FNO. The van der Waals surface area contributed by atoms with Crippen LogP contribution in [0.15, 0.2) is 36.4 Å². The van der Waals surface area contributed by atoms with Gasteiger partial charge in [-0.3, -0.25) is 5.32 Å². The molecule has 1 aliphatic rings. The van der Waals surface area contributed by atoms with Gasteiger partial charge in [0, 0.05) is 6.54 Å². The smallest absolute Gasteiger partial charge is 0.169 e. The van der Waals surface area contributed by atoms with E-state index in [-0.39, 0.29) is 12.0 Å². The van der Waals surface area contributed by atoms with Crippen molar-refractivity contribution in [1.29, 1.82) is 0 Å². The molecule has 1 unspecified atom stereocenters. The second-order valence-electron chi connectivity index (χ2n) is 3.16. The molecule has 2 nitrogen and oxygen atoms in total. The summed E-state index contributed by atoms with van der Waals surface area (Å²) in [4.78, 5) is 0. The first-order valence-corrected chi connectivity index (χ1v) is 4.67. The molecule has 0 aliphatic carbocycles. The van der Waals surface area contributed by atoms with Crippen molar-refractivity contribution in [3.8, 4) is 5.75 Å². The molecule has 1 atom stereocenters.